The van der Waals surface area contributed by atoms with Crippen LogP contribution in [0.1, 0.15) is 6.92 Å². The molecule has 0 aromatic heterocycles. The van der Waals surface area contributed by atoms with Crippen molar-refractivity contribution in [3.05, 3.63) is 12.2 Å². The van der Waals surface area contributed by atoms with Gasteiger partial charge in [0.25, 0.3) is 0 Å². The zero-order valence-corrected chi connectivity index (χ0v) is 8.38. The fourth-order valence-electron chi connectivity index (χ4n) is 0.306. The van der Waals surface area contributed by atoms with Crippen LogP contribution in [0.5, 0.6) is 0 Å². The standard InChI is InChI=1S/C5H9Cl2NOSi/c1-4(2)5(9)8-10(3,6)7/h1H2,2-3H3,(H,8,9). The minimum Gasteiger partial charge on any atom is -0.354 e. The minimum atomic E-state index is -2.50. The third-order valence-electron chi connectivity index (χ3n) is 0.721. The molecule has 0 aliphatic rings. The van der Waals surface area contributed by atoms with Crippen molar-refractivity contribution in [2.24, 2.45) is 0 Å². The molecule has 0 atom stereocenters. The molecule has 1 N–H and O–H groups in total. The van der Waals surface area contributed by atoms with Crippen LogP contribution < -0.4 is 4.98 Å². The summed E-state index contributed by atoms with van der Waals surface area (Å²) >= 11 is 11.2. The third kappa shape index (κ3) is 4.85. The van der Waals surface area contributed by atoms with Crippen LogP contribution in [0, 0.1) is 0 Å². The Balaban J connectivity index is 3.93. The molecule has 10 heavy (non-hydrogen) atoms. The van der Waals surface area contributed by atoms with Gasteiger partial charge in [0, 0.05) is 5.57 Å². The van der Waals surface area contributed by atoms with E-state index in [-0.39, 0.29) is 5.91 Å². The van der Waals surface area contributed by atoms with E-state index in [1.54, 1.807) is 13.5 Å². The molecule has 0 unspecified atom stereocenters. The van der Waals surface area contributed by atoms with Gasteiger partial charge in [-0.25, -0.2) is 0 Å². The molecule has 0 aromatic rings. The molecule has 0 spiro atoms. The molecular weight excluding hydrogens is 189 g/mol. The fraction of sp³-hybridized carbons (Fsp3) is 0.400. The molecule has 2 nitrogen and oxygen atoms in total. The quantitative estimate of drug-likeness (QED) is 0.408. The summed E-state index contributed by atoms with van der Waals surface area (Å²) in [7, 11) is 0. The van der Waals surface area contributed by atoms with E-state index in [0.29, 0.717) is 5.57 Å². The lowest BCUT2D eigenvalue weighted by atomic mass is 10.3. The van der Waals surface area contributed by atoms with E-state index in [0.717, 1.165) is 0 Å². The van der Waals surface area contributed by atoms with Crippen LogP contribution in [0.15, 0.2) is 12.2 Å². The molecule has 0 heterocycles. The molecule has 0 aromatic carbocycles. The maximum absolute atomic E-state index is 10.8. The second-order valence-electron chi connectivity index (χ2n) is 2.12. The highest BCUT2D eigenvalue weighted by molar-refractivity contribution is 7.44. The summed E-state index contributed by atoms with van der Waals surface area (Å²) in [5.41, 5.74) is 0.417. The Kier molecular flexibility index (Phi) is 3.42. The number of nitrogens with one attached hydrogen (secondary N) is 1. The predicted octanol–water partition coefficient (Wildman–Crippen LogP) is 1.72. The fourth-order valence-corrected chi connectivity index (χ4v) is 1.43. The second-order valence-corrected chi connectivity index (χ2v) is 9.27. The first-order valence-corrected chi connectivity index (χ1v) is 7.21. The van der Waals surface area contributed by atoms with Crippen molar-refractivity contribution >= 4 is 34.9 Å². The summed E-state index contributed by atoms with van der Waals surface area (Å²) in [6.07, 6.45) is 0. The highest BCUT2D eigenvalue weighted by Crippen LogP contribution is 2.09. The first-order valence-electron chi connectivity index (χ1n) is 2.69. The van der Waals surface area contributed by atoms with E-state index in [1.807, 2.05) is 0 Å². The van der Waals surface area contributed by atoms with Crippen molar-refractivity contribution in [3.8, 4) is 0 Å². The average Bonchev–Trinajstić information content (AvgIpc) is 1.60. The average molecular weight is 198 g/mol. The van der Waals surface area contributed by atoms with Crippen molar-refractivity contribution in [3.63, 3.8) is 0 Å². The van der Waals surface area contributed by atoms with Crippen molar-refractivity contribution < 1.29 is 4.79 Å². The minimum absolute atomic E-state index is 0.279. The van der Waals surface area contributed by atoms with Gasteiger partial charge in [0.05, 0.1) is 0 Å². The van der Waals surface area contributed by atoms with Crippen LogP contribution in [0.3, 0.4) is 0 Å². The number of hydrogen-bond donors (Lipinski definition) is 1. The van der Waals surface area contributed by atoms with Crippen LogP contribution in [0.4, 0.5) is 0 Å². The molecule has 0 aliphatic heterocycles. The van der Waals surface area contributed by atoms with Gasteiger partial charge in [-0.1, -0.05) is 6.58 Å². The molecule has 0 fully saturated rings. The van der Waals surface area contributed by atoms with Crippen molar-refractivity contribution in [1.82, 2.24) is 4.98 Å². The molecule has 58 valence electrons. The highest BCUT2D eigenvalue weighted by Gasteiger charge is 2.23. The monoisotopic (exact) mass is 197 g/mol. The Bertz CT molecular complexity index is 164. The van der Waals surface area contributed by atoms with Crippen LogP contribution in [0.25, 0.3) is 0 Å². The Morgan fingerprint density at radius 3 is 2.10 bits per heavy atom. The lowest BCUT2D eigenvalue weighted by Gasteiger charge is -2.11. The Hall–Kier alpha value is 0.00688. The zero-order chi connectivity index (χ0) is 8.36. The summed E-state index contributed by atoms with van der Waals surface area (Å²) in [6.45, 7) is 4.14. The molecule has 0 bridgehead atoms. The number of rotatable bonds is 2. The normalized spacial score (nSPS) is 10.8. The molecule has 0 aliphatic carbocycles. The second kappa shape index (κ2) is 3.41. The topological polar surface area (TPSA) is 29.1 Å². The largest absolute Gasteiger partial charge is 0.354 e. The lowest BCUT2D eigenvalue weighted by Crippen LogP contribution is -2.41. The van der Waals surface area contributed by atoms with Crippen molar-refractivity contribution in [2.45, 2.75) is 13.5 Å². The molecule has 5 heteroatoms. The molecule has 0 radical (unpaired) electrons. The van der Waals surface area contributed by atoms with E-state index in [9.17, 15) is 4.79 Å². The molecule has 0 saturated carbocycles. The number of halogens is 2. The van der Waals surface area contributed by atoms with Crippen LogP contribution in [-0.4, -0.2) is 12.8 Å². The number of amides is 1. The first kappa shape index (κ1) is 10.0. The predicted molar refractivity (Wildman–Crippen MR) is 46.3 cm³/mol. The van der Waals surface area contributed by atoms with Gasteiger partial charge < -0.3 is 4.98 Å². The Labute approximate surface area is 70.7 Å². The maximum Gasteiger partial charge on any atom is 0.349 e. The smallest absolute Gasteiger partial charge is 0.349 e. The first-order chi connectivity index (χ1) is 4.33. The van der Waals surface area contributed by atoms with E-state index in [4.69, 9.17) is 22.2 Å². The van der Waals surface area contributed by atoms with Gasteiger partial charge in [0.1, 0.15) is 0 Å². The molecular formula is C5H9Cl2NOSi. The van der Waals surface area contributed by atoms with Crippen molar-refractivity contribution in [1.29, 1.82) is 0 Å². The van der Waals surface area contributed by atoms with Crippen LogP contribution >= 0.6 is 22.2 Å². The highest BCUT2D eigenvalue weighted by atomic mass is 35.7. The van der Waals surface area contributed by atoms with Crippen LogP contribution in [0.2, 0.25) is 6.55 Å². The summed E-state index contributed by atoms with van der Waals surface area (Å²) in [5.74, 6) is -0.279. The number of carbonyl (C=O) groups is 1. The maximum atomic E-state index is 10.8. The van der Waals surface area contributed by atoms with E-state index < -0.39 is 6.86 Å². The molecule has 1 amide bonds. The van der Waals surface area contributed by atoms with Gasteiger partial charge >= 0.3 is 6.86 Å². The van der Waals surface area contributed by atoms with Gasteiger partial charge in [0.2, 0.25) is 5.91 Å². The van der Waals surface area contributed by atoms with Gasteiger partial charge in [-0.2, -0.15) is 0 Å². The van der Waals surface area contributed by atoms with Crippen molar-refractivity contribution in [2.75, 3.05) is 0 Å². The lowest BCUT2D eigenvalue weighted by molar-refractivity contribution is -0.115. The van der Waals surface area contributed by atoms with Gasteiger partial charge in [-0.15, -0.1) is 22.2 Å². The van der Waals surface area contributed by atoms with E-state index in [2.05, 4.69) is 11.6 Å². The summed E-state index contributed by atoms with van der Waals surface area (Å²) in [6, 6.07) is 0. The molecule has 0 saturated heterocycles. The number of carbonyl (C=O) groups excluding carboxylic acids is 1. The van der Waals surface area contributed by atoms with Crippen LogP contribution in [-0.2, 0) is 4.79 Å². The van der Waals surface area contributed by atoms with Gasteiger partial charge in [-0.05, 0) is 13.5 Å². The summed E-state index contributed by atoms with van der Waals surface area (Å²) in [4.78, 5) is 13.3. The van der Waals surface area contributed by atoms with E-state index >= 15 is 0 Å². The Morgan fingerprint density at radius 1 is 1.60 bits per heavy atom. The summed E-state index contributed by atoms with van der Waals surface area (Å²) < 4.78 is 0. The van der Waals surface area contributed by atoms with Gasteiger partial charge in [-0.3, -0.25) is 4.79 Å². The number of hydrogen-bond acceptors (Lipinski definition) is 1. The Morgan fingerprint density at radius 2 is 2.00 bits per heavy atom. The van der Waals surface area contributed by atoms with E-state index in [1.165, 1.54) is 0 Å². The third-order valence-corrected chi connectivity index (χ3v) is 1.95. The zero-order valence-electron chi connectivity index (χ0n) is 5.87. The molecule has 0 rings (SSSR count). The van der Waals surface area contributed by atoms with Gasteiger partial charge in [0.15, 0.2) is 0 Å². The summed E-state index contributed by atoms with van der Waals surface area (Å²) in [5, 5.41) is 0. The SMILES string of the molecule is C=C(C)C(=O)N[Si](C)(Cl)Cl.